The highest BCUT2D eigenvalue weighted by molar-refractivity contribution is 5.12. The lowest BCUT2D eigenvalue weighted by Crippen LogP contribution is -2.20. The van der Waals surface area contributed by atoms with Gasteiger partial charge in [-0.2, -0.15) is 0 Å². The van der Waals surface area contributed by atoms with E-state index in [1.165, 1.54) is 6.33 Å². The Labute approximate surface area is 77.4 Å². The molecular weight excluding hydrogens is 166 g/mol. The zero-order chi connectivity index (χ0) is 9.10. The minimum absolute atomic E-state index is 0.272. The van der Waals surface area contributed by atoms with E-state index in [-0.39, 0.29) is 6.10 Å². The monoisotopic (exact) mass is 179 g/mol. The molecule has 1 saturated heterocycles. The maximum Gasteiger partial charge on any atom is 0.216 e. The summed E-state index contributed by atoms with van der Waals surface area (Å²) in [4.78, 5) is 8.05. The summed E-state index contributed by atoms with van der Waals surface area (Å²) in [5.74, 6) is 0.682. The predicted octanol–water partition coefficient (Wildman–Crippen LogP) is 0.526. The molecule has 1 fully saturated rings. The summed E-state index contributed by atoms with van der Waals surface area (Å²) < 4.78 is 5.64. The summed E-state index contributed by atoms with van der Waals surface area (Å²) in [6.45, 7) is 3.89. The van der Waals surface area contributed by atoms with Crippen molar-refractivity contribution < 1.29 is 4.74 Å². The van der Waals surface area contributed by atoms with Crippen LogP contribution in [-0.4, -0.2) is 29.2 Å². The Bertz CT molecular complexity index is 284. The van der Waals surface area contributed by atoms with E-state index in [0.29, 0.717) is 5.88 Å². The van der Waals surface area contributed by atoms with Crippen molar-refractivity contribution in [2.45, 2.75) is 19.4 Å². The van der Waals surface area contributed by atoms with Crippen molar-refractivity contribution in [1.29, 1.82) is 0 Å². The first kappa shape index (κ1) is 8.44. The molecule has 0 aliphatic carbocycles. The van der Waals surface area contributed by atoms with Gasteiger partial charge in [0.2, 0.25) is 5.88 Å². The molecule has 0 unspecified atom stereocenters. The lowest BCUT2D eigenvalue weighted by atomic mass is 10.3. The van der Waals surface area contributed by atoms with E-state index in [4.69, 9.17) is 4.74 Å². The normalized spacial score (nSPS) is 21.8. The predicted molar refractivity (Wildman–Crippen MR) is 48.7 cm³/mol. The largest absolute Gasteiger partial charge is 0.473 e. The van der Waals surface area contributed by atoms with E-state index in [1.807, 2.05) is 13.0 Å². The smallest absolute Gasteiger partial charge is 0.216 e. The van der Waals surface area contributed by atoms with Crippen molar-refractivity contribution in [3.63, 3.8) is 0 Å². The number of hydrogen-bond donors (Lipinski definition) is 1. The zero-order valence-electron chi connectivity index (χ0n) is 7.66. The van der Waals surface area contributed by atoms with E-state index in [9.17, 15) is 0 Å². The summed E-state index contributed by atoms with van der Waals surface area (Å²) >= 11 is 0. The Morgan fingerprint density at radius 1 is 1.54 bits per heavy atom. The summed E-state index contributed by atoms with van der Waals surface area (Å²) in [5.41, 5.74) is 0.941. The van der Waals surface area contributed by atoms with Crippen LogP contribution in [0.3, 0.4) is 0 Å². The zero-order valence-corrected chi connectivity index (χ0v) is 7.66. The molecule has 1 N–H and O–H groups in total. The van der Waals surface area contributed by atoms with Crippen LogP contribution in [0.5, 0.6) is 5.88 Å². The summed E-state index contributed by atoms with van der Waals surface area (Å²) in [6, 6.07) is 1.86. The Morgan fingerprint density at radius 3 is 3.15 bits per heavy atom. The maximum absolute atomic E-state index is 5.64. The van der Waals surface area contributed by atoms with Gasteiger partial charge in [0.15, 0.2) is 0 Å². The Hall–Kier alpha value is -1.16. The average Bonchev–Trinajstić information content (AvgIpc) is 2.57. The lowest BCUT2D eigenvalue weighted by molar-refractivity contribution is 0.213. The molecule has 2 rings (SSSR count). The molecule has 0 saturated carbocycles. The quantitative estimate of drug-likeness (QED) is 0.719. The SMILES string of the molecule is Cc1cc(O[C@H]2CCNC2)ncn1. The van der Waals surface area contributed by atoms with Gasteiger partial charge in [-0.15, -0.1) is 0 Å². The third-order valence-corrected chi connectivity index (χ3v) is 2.08. The molecule has 13 heavy (non-hydrogen) atoms. The van der Waals surface area contributed by atoms with Crippen LogP contribution in [0.4, 0.5) is 0 Å². The maximum atomic E-state index is 5.64. The van der Waals surface area contributed by atoms with Crippen molar-refractivity contribution in [3.8, 4) is 5.88 Å². The van der Waals surface area contributed by atoms with Crippen molar-refractivity contribution in [2.24, 2.45) is 0 Å². The Balaban J connectivity index is 2.00. The van der Waals surface area contributed by atoms with E-state index < -0.39 is 0 Å². The standard InChI is InChI=1S/C9H13N3O/c1-7-4-9(12-6-11-7)13-8-2-3-10-5-8/h4,6,8,10H,2-3,5H2,1H3/t8-/m0/s1. The van der Waals surface area contributed by atoms with E-state index in [1.54, 1.807) is 0 Å². The van der Waals surface area contributed by atoms with Crippen molar-refractivity contribution in [1.82, 2.24) is 15.3 Å². The van der Waals surface area contributed by atoms with Gasteiger partial charge < -0.3 is 10.1 Å². The van der Waals surface area contributed by atoms with Crippen LogP contribution >= 0.6 is 0 Å². The van der Waals surface area contributed by atoms with Gasteiger partial charge in [-0.1, -0.05) is 0 Å². The number of nitrogens with zero attached hydrogens (tertiary/aromatic N) is 2. The first-order valence-corrected chi connectivity index (χ1v) is 4.50. The lowest BCUT2D eigenvalue weighted by Gasteiger charge is -2.10. The third kappa shape index (κ3) is 2.15. The fourth-order valence-corrected chi connectivity index (χ4v) is 1.39. The topological polar surface area (TPSA) is 47.0 Å². The second kappa shape index (κ2) is 3.70. The molecule has 1 atom stereocenters. The second-order valence-corrected chi connectivity index (χ2v) is 3.23. The molecule has 1 aromatic heterocycles. The fourth-order valence-electron chi connectivity index (χ4n) is 1.39. The van der Waals surface area contributed by atoms with Crippen LogP contribution < -0.4 is 10.1 Å². The minimum Gasteiger partial charge on any atom is -0.473 e. The fraction of sp³-hybridized carbons (Fsp3) is 0.556. The molecule has 0 spiro atoms. The van der Waals surface area contributed by atoms with E-state index in [2.05, 4.69) is 15.3 Å². The van der Waals surface area contributed by atoms with Gasteiger partial charge in [0.05, 0.1) is 0 Å². The van der Waals surface area contributed by atoms with Gasteiger partial charge in [0.1, 0.15) is 12.4 Å². The van der Waals surface area contributed by atoms with Crippen LogP contribution in [0.25, 0.3) is 0 Å². The van der Waals surface area contributed by atoms with Crippen LogP contribution in [0, 0.1) is 6.92 Å². The molecule has 1 aromatic rings. The van der Waals surface area contributed by atoms with Crippen LogP contribution in [0.1, 0.15) is 12.1 Å². The molecular formula is C9H13N3O. The first-order valence-electron chi connectivity index (χ1n) is 4.50. The average molecular weight is 179 g/mol. The van der Waals surface area contributed by atoms with Crippen molar-refractivity contribution >= 4 is 0 Å². The molecule has 0 bridgehead atoms. The van der Waals surface area contributed by atoms with Gasteiger partial charge in [0.25, 0.3) is 0 Å². The number of aryl methyl sites for hydroxylation is 1. The highest BCUT2D eigenvalue weighted by Gasteiger charge is 2.16. The number of hydrogen-bond acceptors (Lipinski definition) is 4. The third-order valence-electron chi connectivity index (χ3n) is 2.08. The summed E-state index contributed by atoms with van der Waals surface area (Å²) in [6.07, 6.45) is 2.87. The highest BCUT2D eigenvalue weighted by Crippen LogP contribution is 2.11. The van der Waals surface area contributed by atoms with Crippen LogP contribution in [0.2, 0.25) is 0 Å². The van der Waals surface area contributed by atoms with E-state index in [0.717, 1.165) is 25.2 Å². The molecule has 4 heteroatoms. The van der Waals surface area contributed by atoms with Crippen molar-refractivity contribution in [2.75, 3.05) is 13.1 Å². The number of rotatable bonds is 2. The molecule has 4 nitrogen and oxygen atoms in total. The Kier molecular flexibility index (Phi) is 2.40. The van der Waals surface area contributed by atoms with Gasteiger partial charge >= 0.3 is 0 Å². The van der Waals surface area contributed by atoms with Gasteiger partial charge in [-0.05, 0) is 19.9 Å². The van der Waals surface area contributed by atoms with Gasteiger partial charge in [-0.3, -0.25) is 0 Å². The molecule has 1 aliphatic rings. The minimum atomic E-state index is 0.272. The molecule has 2 heterocycles. The Morgan fingerprint density at radius 2 is 2.46 bits per heavy atom. The van der Waals surface area contributed by atoms with Crippen LogP contribution in [0.15, 0.2) is 12.4 Å². The molecule has 70 valence electrons. The summed E-state index contributed by atoms with van der Waals surface area (Å²) in [5, 5.41) is 3.24. The summed E-state index contributed by atoms with van der Waals surface area (Å²) in [7, 11) is 0. The first-order chi connectivity index (χ1) is 6.34. The van der Waals surface area contributed by atoms with Gasteiger partial charge in [-0.25, -0.2) is 9.97 Å². The molecule has 0 amide bonds. The number of aromatic nitrogens is 2. The number of ether oxygens (including phenoxy) is 1. The van der Waals surface area contributed by atoms with Gasteiger partial charge in [0, 0.05) is 18.3 Å². The number of nitrogens with one attached hydrogen (secondary N) is 1. The molecule has 1 aliphatic heterocycles. The second-order valence-electron chi connectivity index (χ2n) is 3.23. The highest BCUT2D eigenvalue weighted by atomic mass is 16.5. The van der Waals surface area contributed by atoms with Crippen molar-refractivity contribution in [3.05, 3.63) is 18.1 Å². The molecule has 0 aromatic carbocycles. The van der Waals surface area contributed by atoms with Crippen LogP contribution in [-0.2, 0) is 0 Å². The molecule has 0 radical (unpaired) electrons. The van der Waals surface area contributed by atoms with E-state index >= 15 is 0 Å².